The molecular weight excluding hydrogens is 204 g/mol. The lowest BCUT2D eigenvalue weighted by Crippen LogP contribution is -1.90. The van der Waals surface area contributed by atoms with E-state index in [1.807, 2.05) is 25.1 Å². The number of pyridine rings is 1. The van der Waals surface area contributed by atoms with E-state index in [9.17, 15) is 0 Å². The maximum Gasteiger partial charge on any atom is 0.106 e. The van der Waals surface area contributed by atoms with E-state index in [0.717, 1.165) is 10.2 Å². The molecule has 0 aliphatic rings. The number of allylic oxidation sites excluding steroid dienone is 1. The second-order valence-electron chi connectivity index (χ2n) is 2.14. The fraction of sp³-hybridized carbons (Fsp3) is 0.125. The third kappa shape index (κ3) is 2.05. The Bertz CT molecular complexity index is 281. The summed E-state index contributed by atoms with van der Waals surface area (Å²) in [4.78, 5) is 3.98. The van der Waals surface area contributed by atoms with E-state index in [-0.39, 0.29) is 0 Å². The van der Waals surface area contributed by atoms with Crippen LogP contribution in [0.3, 0.4) is 0 Å². The molecule has 0 unspecified atom stereocenters. The van der Waals surface area contributed by atoms with E-state index < -0.39 is 0 Å². The second-order valence-corrected chi connectivity index (χ2v) is 2.95. The number of rotatable bonds is 1. The molecule has 0 aliphatic heterocycles. The van der Waals surface area contributed by atoms with Crippen molar-refractivity contribution in [2.75, 3.05) is 5.73 Å². The monoisotopic (exact) mass is 212 g/mol. The van der Waals surface area contributed by atoms with Gasteiger partial charge in [-0.2, -0.15) is 0 Å². The molecule has 1 aromatic rings. The molecule has 58 valence electrons. The van der Waals surface area contributed by atoms with Gasteiger partial charge in [0.25, 0.3) is 0 Å². The first kappa shape index (κ1) is 8.27. The van der Waals surface area contributed by atoms with Gasteiger partial charge in [-0.25, -0.2) is 4.98 Å². The number of nitrogens with two attached hydrogens (primary N) is 1. The third-order valence-electron chi connectivity index (χ3n) is 1.28. The highest BCUT2D eigenvalue weighted by molar-refractivity contribution is 9.10. The van der Waals surface area contributed by atoms with Gasteiger partial charge in [-0.1, -0.05) is 12.2 Å². The molecule has 0 aliphatic carbocycles. The Morgan fingerprint density at radius 2 is 2.36 bits per heavy atom. The molecular formula is C8H9BrN2. The Labute approximate surface area is 74.3 Å². The van der Waals surface area contributed by atoms with Crippen molar-refractivity contribution in [2.24, 2.45) is 0 Å². The minimum atomic E-state index is 0.700. The average molecular weight is 213 g/mol. The molecule has 11 heavy (non-hydrogen) atoms. The summed E-state index contributed by atoms with van der Waals surface area (Å²) in [7, 11) is 0. The lowest BCUT2D eigenvalue weighted by molar-refractivity contribution is 1.27. The maximum atomic E-state index is 5.64. The number of hydrogen-bond acceptors (Lipinski definition) is 2. The topological polar surface area (TPSA) is 38.9 Å². The van der Waals surface area contributed by atoms with Gasteiger partial charge in [0.2, 0.25) is 0 Å². The van der Waals surface area contributed by atoms with Gasteiger partial charge in [0.05, 0.1) is 11.9 Å². The van der Waals surface area contributed by atoms with Crippen molar-refractivity contribution >= 4 is 27.7 Å². The van der Waals surface area contributed by atoms with Gasteiger partial charge in [-0.15, -0.1) is 0 Å². The molecule has 0 spiro atoms. The van der Waals surface area contributed by atoms with Crippen LogP contribution in [0, 0.1) is 0 Å². The third-order valence-corrected chi connectivity index (χ3v) is 1.71. The summed E-state index contributed by atoms with van der Waals surface area (Å²) in [6.07, 6.45) is 5.53. The Balaban J connectivity index is 3.12. The summed E-state index contributed by atoms with van der Waals surface area (Å²) in [6, 6.07) is 1.88. The summed E-state index contributed by atoms with van der Waals surface area (Å²) in [5.41, 5.74) is 7.34. The van der Waals surface area contributed by atoms with Gasteiger partial charge in [-0.3, -0.25) is 0 Å². The smallest absolute Gasteiger partial charge is 0.106 e. The van der Waals surface area contributed by atoms with E-state index in [2.05, 4.69) is 20.9 Å². The van der Waals surface area contributed by atoms with Crippen LogP contribution >= 0.6 is 15.9 Å². The van der Waals surface area contributed by atoms with Crippen LogP contribution in [0.15, 0.2) is 22.9 Å². The number of anilines is 1. The first-order valence-corrected chi connectivity index (χ1v) is 4.07. The van der Waals surface area contributed by atoms with Gasteiger partial charge in [0.1, 0.15) is 4.60 Å². The molecule has 0 radical (unpaired) electrons. The van der Waals surface area contributed by atoms with E-state index in [4.69, 9.17) is 5.73 Å². The van der Waals surface area contributed by atoms with Crippen molar-refractivity contribution in [1.82, 2.24) is 4.98 Å². The van der Waals surface area contributed by atoms with Crippen molar-refractivity contribution in [2.45, 2.75) is 6.92 Å². The predicted octanol–water partition coefficient (Wildman–Crippen LogP) is 2.46. The summed E-state index contributed by atoms with van der Waals surface area (Å²) < 4.78 is 0.805. The van der Waals surface area contributed by atoms with Gasteiger partial charge in [0, 0.05) is 5.56 Å². The van der Waals surface area contributed by atoms with E-state index >= 15 is 0 Å². The molecule has 0 amide bonds. The zero-order valence-corrected chi connectivity index (χ0v) is 7.80. The van der Waals surface area contributed by atoms with E-state index in [1.54, 1.807) is 6.20 Å². The molecule has 0 aromatic carbocycles. The quantitative estimate of drug-likeness (QED) is 0.727. The molecule has 1 aromatic heterocycles. The summed E-state index contributed by atoms with van der Waals surface area (Å²) >= 11 is 3.27. The SMILES string of the molecule is C/C=C/c1cc(Br)ncc1N. The van der Waals surface area contributed by atoms with Gasteiger partial charge in [0.15, 0.2) is 0 Å². The summed E-state index contributed by atoms with van der Waals surface area (Å²) in [5, 5.41) is 0. The summed E-state index contributed by atoms with van der Waals surface area (Å²) in [5.74, 6) is 0. The van der Waals surface area contributed by atoms with Crippen molar-refractivity contribution in [1.29, 1.82) is 0 Å². The van der Waals surface area contributed by atoms with Gasteiger partial charge >= 0.3 is 0 Å². The number of halogens is 1. The highest BCUT2D eigenvalue weighted by Crippen LogP contribution is 2.16. The molecule has 0 atom stereocenters. The Hall–Kier alpha value is -0.830. The highest BCUT2D eigenvalue weighted by Gasteiger charge is 1.95. The van der Waals surface area contributed by atoms with Crippen molar-refractivity contribution in [3.63, 3.8) is 0 Å². The molecule has 0 saturated carbocycles. The molecule has 0 saturated heterocycles. The maximum absolute atomic E-state index is 5.64. The number of nitrogens with zero attached hydrogens (tertiary/aromatic N) is 1. The molecule has 2 N–H and O–H groups in total. The van der Waals surface area contributed by atoms with E-state index in [1.165, 1.54) is 0 Å². The first-order chi connectivity index (χ1) is 5.24. The van der Waals surface area contributed by atoms with Crippen LogP contribution in [-0.2, 0) is 0 Å². The summed E-state index contributed by atoms with van der Waals surface area (Å²) in [6.45, 7) is 1.95. The zero-order chi connectivity index (χ0) is 8.27. The number of aromatic nitrogens is 1. The minimum Gasteiger partial charge on any atom is -0.397 e. The Morgan fingerprint density at radius 1 is 1.64 bits per heavy atom. The molecule has 0 fully saturated rings. The van der Waals surface area contributed by atoms with Gasteiger partial charge in [-0.05, 0) is 28.9 Å². The number of hydrogen-bond donors (Lipinski definition) is 1. The second kappa shape index (κ2) is 3.53. The Morgan fingerprint density at radius 3 is 3.00 bits per heavy atom. The van der Waals surface area contributed by atoms with Crippen LogP contribution in [0.2, 0.25) is 0 Å². The van der Waals surface area contributed by atoms with Crippen LogP contribution < -0.4 is 5.73 Å². The average Bonchev–Trinajstić information content (AvgIpc) is 1.98. The van der Waals surface area contributed by atoms with Crippen LogP contribution in [0.1, 0.15) is 12.5 Å². The molecule has 1 heterocycles. The lowest BCUT2D eigenvalue weighted by Gasteiger charge is -1.98. The fourth-order valence-electron chi connectivity index (χ4n) is 0.779. The van der Waals surface area contributed by atoms with E-state index in [0.29, 0.717) is 5.69 Å². The molecule has 3 heteroatoms. The first-order valence-electron chi connectivity index (χ1n) is 3.27. The van der Waals surface area contributed by atoms with Crippen molar-refractivity contribution in [3.8, 4) is 0 Å². The fourth-order valence-corrected chi connectivity index (χ4v) is 1.13. The van der Waals surface area contributed by atoms with Gasteiger partial charge < -0.3 is 5.73 Å². The molecule has 1 rings (SSSR count). The van der Waals surface area contributed by atoms with Crippen molar-refractivity contribution in [3.05, 3.63) is 28.5 Å². The van der Waals surface area contributed by atoms with Crippen LogP contribution in [0.4, 0.5) is 5.69 Å². The normalized spacial score (nSPS) is 10.7. The largest absolute Gasteiger partial charge is 0.397 e. The Kier molecular flexibility index (Phi) is 2.65. The minimum absolute atomic E-state index is 0.700. The van der Waals surface area contributed by atoms with Crippen LogP contribution in [0.25, 0.3) is 6.08 Å². The highest BCUT2D eigenvalue weighted by atomic mass is 79.9. The van der Waals surface area contributed by atoms with Crippen LogP contribution in [-0.4, -0.2) is 4.98 Å². The zero-order valence-electron chi connectivity index (χ0n) is 6.21. The molecule has 2 nitrogen and oxygen atoms in total. The predicted molar refractivity (Wildman–Crippen MR) is 51.1 cm³/mol. The standard InChI is InChI=1S/C8H9BrN2/c1-2-3-6-4-8(9)11-5-7(6)10/h2-5H,10H2,1H3/b3-2+. The van der Waals surface area contributed by atoms with Crippen molar-refractivity contribution < 1.29 is 0 Å². The lowest BCUT2D eigenvalue weighted by atomic mass is 10.2. The molecule has 0 bridgehead atoms. The van der Waals surface area contributed by atoms with Crippen LogP contribution in [0.5, 0.6) is 0 Å². The number of nitrogen functional groups attached to an aromatic ring is 1.